The smallest absolute Gasteiger partial charge is 0.328 e. The topological polar surface area (TPSA) is 145 Å². The third-order valence-electron chi connectivity index (χ3n) is 5.72. The summed E-state index contributed by atoms with van der Waals surface area (Å²) in [4.78, 5) is 19.7. The van der Waals surface area contributed by atoms with Crippen LogP contribution in [0, 0.1) is 0 Å². The Morgan fingerprint density at radius 1 is 1.30 bits per heavy atom. The van der Waals surface area contributed by atoms with Gasteiger partial charge in [0.15, 0.2) is 0 Å². The number of anilines is 2. The van der Waals surface area contributed by atoms with Gasteiger partial charge in [0.25, 0.3) is 0 Å². The molecule has 0 amide bonds. The van der Waals surface area contributed by atoms with Crippen molar-refractivity contribution in [2.45, 2.75) is 56.7 Å². The van der Waals surface area contributed by atoms with Gasteiger partial charge < -0.3 is 20.8 Å². The fourth-order valence-corrected chi connectivity index (χ4v) is 4.79. The van der Waals surface area contributed by atoms with Gasteiger partial charge in [-0.2, -0.15) is 4.98 Å². The summed E-state index contributed by atoms with van der Waals surface area (Å²) in [6, 6.07) is -0.166. The highest BCUT2D eigenvalue weighted by Crippen LogP contribution is 2.32. The Kier molecular flexibility index (Phi) is 6.63. The highest BCUT2D eigenvalue weighted by Gasteiger charge is 2.37. The van der Waals surface area contributed by atoms with Gasteiger partial charge in [0, 0.05) is 37.0 Å². The summed E-state index contributed by atoms with van der Waals surface area (Å²) in [6.07, 6.45) is 8.81. The van der Waals surface area contributed by atoms with Gasteiger partial charge in [0.2, 0.25) is 16.0 Å². The molecule has 0 radical (unpaired) electrons. The molecule has 1 aromatic rings. The molecular formula is C19H29N5O5S. The van der Waals surface area contributed by atoms with E-state index in [2.05, 4.69) is 20.6 Å². The molecule has 0 aromatic carbocycles. The second kappa shape index (κ2) is 8.86. The van der Waals surface area contributed by atoms with Gasteiger partial charge in [-0.1, -0.05) is 0 Å². The molecule has 11 heteroatoms. The van der Waals surface area contributed by atoms with Crippen molar-refractivity contribution >= 4 is 33.8 Å². The predicted octanol–water partition coefficient (Wildman–Crippen LogP) is 1.13. The maximum atomic E-state index is 11.7. The van der Waals surface area contributed by atoms with Crippen LogP contribution in [0.5, 0.6) is 0 Å². The number of aromatic nitrogens is 2. The van der Waals surface area contributed by atoms with Crippen LogP contribution in [0.2, 0.25) is 0 Å². The van der Waals surface area contributed by atoms with Crippen LogP contribution in [0.4, 0.5) is 11.8 Å². The number of rotatable bonds is 7. The SMILES string of the molecule is C[C@@]1(O)CCC[C@H]1Nc1nc(NC2CCN(S(C)(=O)=O)CC2)ncc1/C=C/C(=O)O. The normalized spacial score (nSPS) is 26.2. The van der Waals surface area contributed by atoms with Crippen LogP contribution in [0.1, 0.15) is 44.6 Å². The Labute approximate surface area is 176 Å². The Morgan fingerprint density at radius 3 is 2.57 bits per heavy atom. The summed E-state index contributed by atoms with van der Waals surface area (Å²) in [5.74, 6) is -0.250. The number of aliphatic hydroxyl groups is 1. The number of nitrogens with one attached hydrogen (secondary N) is 2. The number of piperidine rings is 1. The molecule has 3 rings (SSSR count). The molecule has 30 heavy (non-hydrogen) atoms. The number of carboxylic acid groups (broad SMARTS) is 1. The Hall–Kier alpha value is -2.24. The largest absolute Gasteiger partial charge is 0.478 e. The first kappa shape index (κ1) is 22.4. The van der Waals surface area contributed by atoms with Gasteiger partial charge in [-0.3, -0.25) is 0 Å². The first-order chi connectivity index (χ1) is 14.0. The molecular weight excluding hydrogens is 410 g/mol. The third kappa shape index (κ3) is 5.67. The zero-order chi connectivity index (χ0) is 21.9. The summed E-state index contributed by atoms with van der Waals surface area (Å²) in [5.41, 5.74) is -0.359. The second-order valence-electron chi connectivity index (χ2n) is 8.20. The van der Waals surface area contributed by atoms with Crippen molar-refractivity contribution in [1.82, 2.24) is 14.3 Å². The summed E-state index contributed by atoms with van der Waals surface area (Å²) in [5, 5.41) is 26.0. The zero-order valence-corrected chi connectivity index (χ0v) is 18.0. The van der Waals surface area contributed by atoms with Crippen LogP contribution < -0.4 is 10.6 Å². The van der Waals surface area contributed by atoms with Gasteiger partial charge in [0.1, 0.15) is 5.82 Å². The highest BCUT2D eigenvalue weighted by molar-refractivity contribution is 7.88. The van der Waals surface area contributed by atoms with E-state index in [1.54, 1.807) is 6.92 Å². The lowest BCUT2D eigenvalue weighted by molar-refractivity contribution is -0.131. The molecule has 10 nitrogen and oxygen atoms in total. The van der Waals surface area contributed by atoms with E-state index in [1.807, 2.05) is 0 Å². The number of hydrogen-bond donors (Lipinski definition) is 4. The number of aliphatic carboxylic acids is 1. The minimum absolute atomic E-state index is 0.0332. The lowest BCUT2D eigenvalue weighted by Crippen LogP contribution is -2.42. The van der Waals surface area contributed by atoms with E-state index in [-0.39, 0.29) is 12.1 Å². The molecule has 1 saturated carbocycles. The van der Waals surface area contributed by atoms with E-state index in [0.29, 0.717) is 49.7 Å². The fraction of sp³-hybridized carbons (Fsp3) is 0.632. The number of carboxylic acids is 1. The first-order valence-corrected chi connectivity index (χ1v) is 11.9. The van der Waals surface area contributed by atoms with E-state index < -0.39 is 21.6 Å². The average Bonchev–Trinajstić information content (AvgIpc) is 2.99. The Balaban J connectivity index is 1.75. The molecule has 2 atom stereocenters. The molecule has 0 unspecified atom stereocenters. The monoisotopic (exact) mass is 439 g/mol. The number of nitrogens with zero attached hydrogens (tertiary/aromatic N) is 3. The van der Waals surface area contributed by atoms with Gasteiger partial charge in [-0.05, 0) is 45.1 Å². The van der Waals surface area contributed by atoms with Crippen LogP contribution in [0.15, 0.2) is 12.3 Å². The van der Waals surface area contributed by atoms with Gasteiger partial charge in [-0.25, -0.2) is 22.5 Å². The lowest BCUT2D eigenvalue weighted by Gasteiger charge is -2.31. The Morgan fingerprint density at radius 2 is 2.00 bits per heavy atom. The van der Waals surface area contributed by atoms with Crippen LogP contribution in [0.3, 0.4) is 0 Å². The summed E-state index contributed by atoms with van der Waals surface area (Å²) in [6.45, 7) is 2.65. The molecule has 1 aromatic heterocycles. The molecule has 1 saturated heterocycles. The molecule has 2 aliphatic rings. The maximum absolute atomic E-state index is 11.7. The van der Waals surface area contributed by atoms with E-state index in [1.165, 1.54) is 22.8 Å². The van der Waals surface area contributed by atoms with Gasteiger partial charge >= 0.3 is 5.97 Å². The van der Waals surface area contributed by atoms with Crippen molar-refractivity contribution in [1.29, 1.82) is 0 Å². The van der Waals surface area contributed by atoms with Gasteiger partial charge in [-0.15, -0.1) is 0 Å². The number of sulfonamides is 1. The molecule has 1 aliphatic heterocycles. The van der Waals surface area contributed by atoms with Crippen molar-refractivity contribution in [3.8, 4) is 0 Å². The van der Waals surface area contributed by atoms with Gasteiger partial charge in [0.05, 0.1) is 17.9 Å². The van der Waals surface area contributed by atoms with E-state index >= 15 is 0 Å². The molecule has 0 bridgehead atoms. The van der Waals surface area contributed by atoms with E-state index in [4.69, 9.17) is 5.11 Å². The number of carbonyl (C=O) groups is 1. The summed E-state index contributed by atoms with van der Waals surface area (Å²) in [7, 11) is -3.19. The van der Waals surface area contributed by atoms with E-state index in [0.717, 1.165) is 18.9 Å². The van der Waals surface area contributed by atoms with Crippen LogP contribution in [-0.2, 0) is 14.8 Å². The average molecular weight is 440 g/mol. The maximum Gasteiger partial charge on any atom is 0.328 e. The zero-order valence-electron chi connectivity index (χ0n) is 17.2. The minimum Gasteiger partial charge on any atom is -0.478 e. The fourth-order valence-electron chi connectivity index (χ4n) is 3.92. The van der Waals surface area contributed by atoms with Crippen LogP contribution in [-0.4, -0.2) is 75.9 Å². The molecule has 0 spiro atoms. The highest BCUT2D eigenvalue weighted by atomic mass is 32.2. The molecule has 1 aliphatic carbocycles. The van der Waals surface area contributed by atoms with Crippen LogP contribution in [0.25, 0.3) is 6.08 Å². The predicted molar refractivity (Wildman–Crippen MR) is 114 cm³/mol. The van der Waals surface area contributed by atoms with Crippen molar-refractivity contribution in [2.75, 3.05) is 30.0 Å². The van der Waals surface area contributed by atoms with Crippen molar-refractivity contribution in [3.05, 3.63) is 17.8 Å². The standard InChI is InChI=1S/C19H29N5O5S/c1-19(27)9-3-4-15(19)22-17-13(5-6-16(25)26)12-20-18(23-17)21-14-7-10-24(11-8-14)30(2,28)29/h5-6,12,14-15,27H,3-4,7-11H2,1-2H3,(H,25,26)(H2,20,21,22,23)/b6-5+/t15-,19-/m1/s1. The third-order valence-corrected chi connectivity index (χ3v) is 7.02. The van der Waals surface area contributed by atoms with Crippen LogP contribution >= 0.6 is 0 Å². The number of hydrogen-bond acceptors (Lipinski definition) is 8. The summed E-state index contributed by atoms with van der Waals surface area (Å²) < 4.78 is 24.8. The van der Waals surface area contributed by atoms with E-state index in [9.17, 15) is 18.3 Å². The first-order valence-electron chi connectivity index (χ1n) is 10.0. The Bertz CT molecular complexity index is 910. The van der Waals surface area contributed by atoms with Crippen molar-refractivity contribution in [2.24, 2.45) is 0 Å². The lowest BCUT2D eigenvalue weighted by atomic mass is 10.0. The summed E-state index contributed by atoms with van der Waals surface area (Å²) >= 11 is 0. The molecule has 2 heterocycles. The minimum atomic E-state index is -3.19. The van der Waals surface area contributed by atoms with Crippen molar-refractivity contribution < 1.29 is 23.4 Å². The molecule has 4 N–H and O–H groups in total. The quantitative estimate of drug-likeness (QED) is 0.459. The second-order valence-corrected chi connectivity index (χ2v) is 10.2. The molecule has 2 fully saturated rings. The molecule has 166 valence electrons. The van der Waals surface area contributed by atoms with Crippen molar-refractivity contribution in [3.63, 3.8) is 0 Å².